The van der Waals surface area contributed by atoms with E-state index in [1.54, 1.807) is 30.3 Å². The van der Waals surface area contributed by atoms with E-state index in [1.165, 1.54) is 35.8 Å². The fourth-order valence-corrected chi connectivity index (χ4v) is 2.62. The summed E-state index contributed by atoms with van der Waals surface area (Å²) in [5, 5.41) is 17.0. The Hall–Kier alpha value is -3.13. The second kappa shape index (κ2) is 6.97. The second-order valence-corrected chi connectivity index (χ2v) is 5.59. The number of anilines is 1. The van der Waals surface area contributed by atoms with Gasteiger partial charge in [0.2, 0.25) is 5.13 Å². The lowest BCUT2D eigenvalue weighted by molar-refractivity contribution is -0.384. The number of nitro benzene ring substituents is 1. The topological polar surface area (TPSA) is 80.4 Å². The van der Waals surface area contributed by atoms with Crippen LogP contribution in [0, 0.1) is 15.9 Å². The largest absolute Gasteiger partial charge is 0.269 e. The van der Waals surface area contributed by atoms with Crippen LogP contribution in [-0.2, 0) is 0 Å². The number of thiazole rings is 1. The first kappa shape index (κ1) is 15.8. The summed E-state index contributed by atoms with van der Waals surface area (Å²) in [5.41, 5.74) is 4.59. The summed E-state index contributed by atoms with van der Waals surface area (Å²) in [6.45, 7) is 0. The van der Waals surface area contributed by atoms with E-state index in [0.29, 0.717) is 16.4 Å². The van der Waals surface area contributed by atoms with Crippen LogP contribution in [0.2, 0.25) is 0 Å². The van der Waals surface area contributed by atoms with Gasteiger partial charge < -0.3 is 0 Å². The van der Waals surface area contributed by atoms with Crippen LogP contribution in [0.4, 0.5) is 15.2 Å². The molecule has 1 aromatic heterocycles. The smallest absolute Gasteiger partial charge is 0.258 e. The zero-order valence-corrected chi connectivity index (χ0v) is 13.0. The summed E-state index contributed by atoms with van der Waals surface area (Å²) >= 11 is 1.33. The van der Waals surface area contributed by atoms with Crippen LogP contribution < -0.4 is 5.43 Å². The molecule has 0 saturated heterocycles. The third-order valence-corrected chi connectivity index (χ3v) is 3.89. The van der Waals surface area contributed by atoms with Crippen molar-refractivity contribution in [2.75, 3.05) is 5.43 Å². The van der Waals surface area contributed by atoms with Gasteiger partial charge in [0.25, 0.3) is 5.69 Å². The van der Waals surface area contributed by atoms with Crippen LogP contribution in [-0.4, -0.2) is 16.1 Å². The molecule has 0 aliphatic heterocycles. The summed E-state index contributed by atoms with van der Waals surface area (Å²) in [7, 11) is 0. The van der Waals surface area contributed by atoms with E-state index in [-0.39, 0.29) is 11.5 Å². The first-order chi connectivity index (χ1) is 11.6. The van der Waals surface area contributed by atoms with E-state index in [2.05, 4.69) is 15.5 Å². The van der Waals surface area contributed by atoms with Gasteiger partial charge in [0.1, 0.15) is 5.82 Å². The Morgan fingerprint density at radius 1 is 1.21 bits per heavy atom. The number of hydrogen-bond donors (Lipinski definition) is 1. The molecule has 8 heteroatoms. The molecule has 0 fully saturated rings. The van der Waals surface area contributed by atoms with Crippen molar-refractivity contribution in [2.24, 2.45) is 5.10 Å². The van der Waals surface area contributed by atoms with Gasteiger partial charge in [-0.25, -0.2) is 9.37 Å². The molecule has 3 aromatic rings. The average Bonchev–Trinajstić information content (AvgIpc) is 3.05. The van der Waals surface area contributed by atoms with Crippen molar-refractivity contribution in [3.8, 4) is 11.3 Å². The van der Waals surface area contributed by atoms with Crippen LogP contribution in [0.5, 0.6) is 0 Å². The van der Waals surface area contributed by atoms with Crippen molar-refractivity contribution in [3.05, 3.63) is 75.4 Å². The molecule has 0 amide bonds. The first-order valence-corrected chi connectivity index (χ1v) is 7.75. The van der Waals surface area contributed by atoms with Crippen LogP contribution in [0.15, 0.2) is 59.0 Å². The van der Waals surface area contributed by atoms with Gasteiger partial charge in [0, 0.05) is 28.6 Å². The fourth-order valence-electron chi connectivity index (χ4n) is 1.95. The third kappa shape index (κ3) is 3.61. The Morgan fingerprint density at radius 3 is 2.67 bits per heavy atom. The summed E-state index contributed by atoms with van der Waals surface area (Å²) in [6, 6.07) is 12.4. The van der Waals surface area contributed by atoms with Crippen LogP contribution in [0.3, 0.4) is 0 Å². The number of rotatable bonds is 5. The summed E-state index contributed by atoms with van der Waals surface area (Å²) < 4.78 is 13.5. The highest BCUT2D eigenvalue weighted by Gasteiger charge is 2.08. The minimum Gasteiger partial charge on any atom is -0.258 e. The predicted molar refractivity (Wildman–Crippen MR) is 91.8 cm³/mol. The van der Waals surface area contributed by atoms with Crippen molar-refractivity contribution in [3.63, 3.8) is 0 Å². The standard InChI is InChI=1S/C16H11FN4O2S/c17-14-4-2-1-3-12(14)9-18-20-16-19-15(10-24-16)11-5-7-13(8-6-11)21(22)23/h1-10H,(H,19,20)/b18-9+. The molecule has 0 bridgehead atoms. The van der Waals surface area contributed by atoms with E-state index >= 15 is 0 Å². The Bertz CT molecular complexity index is 893. The number of nitrogens with zero attached hydrogens (tertiary/aromatic N) is 3. The zero-order chi connectivity index (χ0) is 16.9. The van der Waals surface area contributed by atoms with Crippen molar-refractivity contribution in [2.45, 2.75) is 0 Å². The lowest BCUT2D eigenvalue weighted by Gasteiger charge is -1.97. The molecule has 0 aliphatic carbocycles. The van der Waals surface area contributed by atoms with Gasteiger partial charge in [-0.05, 0) is 18.2 Å². The number of nitrogens with one attached hydrogen (secondary N) is 1. The molecule has 2 aromatic carbocycles. The Balaban J connectivity index is 1.69. The van der Waals surface area contributed by atoms with Gasteiger partial charge in [-0.15, -0.1) is 11.3 Å². The van der Waals surface area contributed by atoms with E-state index in [0.717, 1.165) is 5.56 Å². The molecule has 0 unspecified atom stereocenters. The molecule has 120 valence electrons. The number of hydrogen-bond acceptors (Lipinski definition) is 6. The highest BCUT2D eigenvalue weighted by molar-refractivity contribution is 7.14. The number of aromatic nitrogens is 1. The maximum absolute atomic E-state index is 13.5. The lowest BCUT2D eigenvalue weighted by atomic mass is 10.1. The van der Waals surface area contributed by atoms with Crippen LogP contribution >= 0.6 is 11.3 Å². The highest BCUT2D eigenvalue weighted by Crippen LogP contribution is 2.26. The summed E-state index contributed by atoms with van der Waals surface area (Å²) in [4.78, 5) is 14.5. The van der Waals surface area contributed by atoms with E-state index in [9.17, 15) is 14.5 Å². The van der Waals surface area contributed by atoms with Crippen LogP contribution in [0.1, 0.15) is 5.56 Å². The summed E-state index contributed by atoms with van der Waals surface area (Å²) in [5.74, 6) is -0.353. The predicted octanol–water partition coefficient (Wildman–Crippen LogP) is 4.30. The van der Waals surface area contributed by atoms with E-state index in [1.807, 2.05) is 5.38 Å². The van der Waals surface area contributed by atoms with Crippen molar-refractivity contribution in [1.29, 1.82) is 0 Å². The van der Waals surface area contributed by atoms with Gasteiger partial charge in [-0.3, -0.25) is 15.5 Å². The van der Waals surface area contributed by atoms with Crippen LogP contribution in [0.25, 0.3) is 11.3 Å². The molecule has 0 saturated carbocycles. The van der Waals surface area contributed by atoms with Gasteiger partial charge >= 0.3 is 0 Å². The fraction of sp³-hybridized carbons (Fsp3) is 0. The molecule has 0 spiro atoms. The number of halogens is 1. The summed E-state index contributed by atoms with van der Waals surface area (Å²) in [6.07, 6.45) is 1.38. The number of hydrazone groups is 1. The van der Waals surface area contributed by atoms with Gasteiger partial charge in [-0.2, -0.15) is 5.10 Å². The highest BCUT2D eigenvalue weighted by atomic mass is 32.1. The van der Waals surface area contributed by atoms with Crippen molar-refractivity contribution in [1.82, 2.24) is 4.98 Å². The molecule has 3 rings (SSSR count). The Labute approximate surface area is 140 Å². The molecular weight excluding hydrogens is 331 g/mol. The van der Waals surface area contributed by atoms with E-state index in [4.69, 9.17) is 0 Å². The molecule has 0 atom stereocenters. The Kier molecular flexibility index (Phi) is 4.57. The second-order valence-electron chi connectivity index (χ2n) is 4.73. The molecule has 0 aliphatic rings. The molecule has 1 heterocycles. The number of benzene rings is 2. The minimum absolute atomic E-state index is 0.0295. The van der Waals surface area contributed by atoms with Crippen molar-refractivity contribution < 1.29 is 9.31 Å². The van der Waals surface area contributed by atoms with Crippen molar-refractivity contribution >= 4 is 28.4 Å². The number of nitro groups is 1. The maximum atomic E-state index is 13.5. The average molecular weight is 342 g/mol. The quantitative estimate of drug-likeness (QED) is 0.426. The minimum atomic E-state index is -0.449. The maximum Gasteiger partial charge on any atom is 0.269 e. The number of non-ortho nitro benzene ring substituents is 1. The molecule has 6 nitrogen and oxygen atoms in total. The SMILES string of the molecule is O=[N+]([O-])c1ccc(-c2csc(N/N=C/c3ccccc3F)n2)cc1. The molecule has 1 N–H and O–H groups in total. The van der Waals surface area contributed by atoms with Gasteiger partial charge in [0.05, 0.1) is 16.8 Å². The van der Waals surface area contributed by atoms with Gasteiger partial charge in [0.15, 0.2) is 0 Å². The molecular formula is C16H11FN4O2S. The molecule has 24 heavy (non-hydrogen) atoms. The monoisotopic (exact) mass is 342 g/mol. The van der Waals surface area contributed by atoms with E-state index < -0.39 is 4.92 Å². The normalized spacial score (nSPS) is 10.9. The Morgan fingerprint density at radius 2 is 1.96 bits per heavy atom. The third-order valence-electron chi connectivity index (χ3n) is 3.15. The first-order valence-electron chi connectivity index (χ1n) is 6.87. The molecule has 0 radical (unpaired) electrons. The van der Waals surface area contributed by atoms with Gasteiger partial charge in [-0.1, -0.05) is 18.2 Å². The lowest BCUT2D eigenvalue weighted by Crippen LogP contribution is -1.92. The zero-order valence-electron chi connectivity index (χ0n) is 12.2.